The van der Waals surface area contributed by atoms with E-state index in [9.17, 15) is 4.79 Å². The lowest BCUT2D eigenvalue weighted by atomic mass is 10.3. The number of hydrogen-bond acceptors (Lipinski definition) is 3. The van der Waals surface area contributed by atoms with Crippen molar-refractivity contribution < 1.29 is 4.79 Å². The molecule has 2 heterocycles. The van der Waals surface area contributed by atoms with Crippen LogP contribution in [-0.2, 0) is 0 Å². The molecule has 1 atom stereocenters. The van der Waals surface area contributed by atoms with E-state index in [-0.39, 0.29) is 12.1 Å². The van der Waals surface area contributed by atoms with Gasteiger partial charge in [-0.2, -0.15) is 0 Å². The molecule has 1 N–H and O–H groups in total. The normalized spacial score (nSPS) is 12.4. The number of hydrogen-bond donors (Lipinski definition) is 1. The van der Waals surface area contributed by atoms with Crippen LogP contribution in [0.25, 0.3) is 0 Å². The molecule has 0 radical (unpaired) electrons. The highest BCUT2D eigenvalue weighted by atomic mass is 35.5. The Morgan fingerprint density at radius 2 is 2.44 bits per heavy atom. The molecule has 16 heavy (non-hydrogen) atoms. The number of nitrogens with zero attached hydrogens (tertiary/aromatic N) is 2. The number of amides is 1. The van der Waals surface area contributed by atoms with Crippen LogP contribution in [0, 0.1) is 0 Å². The molecule has 1 amide bonds. The first kappa shape index (κ1) is 11.2. The van der Waals surface area contributed by atoms with E-state index in [2.05, 4.69) is 10.3 Å². The standard InChI is InChI=1S/C10H10ClN3OS/c1-7(8-2-3-9(11)16-8)13-10(15)14-5-4-12-6-14/h2-7H,1H3,(H,13,15). The van der Waals surface area contributed by atoms with Gasteiger partial charge in [0.2, 0.25) is 0 Å². The zero-order chi connectivity index (χ0) is 11.5. The minimum atomic E-state index is -0.200. The SMILES string of the molecule is CC(NC(=O)n1ccnc1)c1ccc(Cl)s1. The van der Waals surface area contributed by atoms with Gasteiger partial charge in [-0.15, -0.1) is 11.3 Å². The second-order valence-corrected chi connectivity index (χ2v) is 5.03. The quantitative estimate of drug-likeness (QED) is 0.897. The zero-order valence-corrected chi connectivity index (χ0v) is 10.1. The summed E-state index contributed by atoms with van der Waals surface area (Å²) in [6.07, 6.45) is 4.62. The van der Waals surface area contributed by atoms with Crippen molar-refractivity contribution in [3.8, 4) is 0 Å². The van der Waals surface area contributed by atoms with Gasteiger partial charge >= 0.3 is 6.03 Å². The summed E-state index contributed by atoms with van der Waals surface area (Å²) in [7, 11) is 0. The highest BCUT2D eigenvalue weighted by Gasteiger charge is 2.12. The van der Waals surface area contributed by atoms with Crippen molar-refractivity contribution in [2.45, 2.75) is 13.0 Å². The molecule has 0 spiro atoms. The molecule has 0 aliphatic heterocycles. The van der Waals surface area contributed by atoms with E-state index in [0.29, 0.717) is 0 Å². The van der Waals surface area contributed by atoms with Crippen molar-refractivity contribution >= 4 is 29.0 Å². The van der Waals surface area contributed by atoms with E-state index in [4.69, 9.17) is 11.6 Å². The second-order valence-electron chi connectivity index (χ2n) is 3.28. The van der Waals surface area contributed by atoms with Crippen molar-refractivity contribution in [1.82, 2.24) is 14.9 Å². The minimum Gasteiger partial charge on any atom is -0.330 e. The summed E-state index contributed by atoms with van der Waals surface area (Å²) < 4.78 is 2.12. The van der Waals surface area contributed by atoms with Crippen molar-refractivity contribution in [2.75, 3.05) is 0 Å². The number of aromatic nitrogens is 2. The van der Waals surface area contributed by atoms with Crippen molar-refractivity contribution in [1.29, 1.82) is 0 Å². The molecule has 1 unspecified atom stereocenters. The summed E-state index contributed by atoms with van der Waals surface area (Å²) in [5.74, 6) is 0. The first-order chi connectivity index (χ1) is 7.66. The Hall–Kier alpha value is -1.33. The van der Waals surface area contributed by atoms with E-state index >= 15 is 0 Å². The number of nitrogens with one attached hydrogen (secondary N) is 1. The monoisotopic (exact) mass is 255 g/mol. The van der Waals surface area contributed by atoms with E-state index < -0.39 is 0 Å². The third-order valence-corrected chi connectivity index (χ3v) is 3.51. The highest BCUT2D eigenvalue weighted by molar-refractivity contribution is 7.16. The molecule has 84 valence electrons. The second kappa shape index (κ2) is 4.67. The predicted octanol–water partition coefficient (Wildman–Crippen LogP) is 2.92. The Bertz CT molecular complexity index is 480. The van der Waals surface area contributed by atoms with Crippen LogP contribution >= 0.6 is 22.9 Å². The molecule has 0 fully saturated rings. The third-order valence-electron chi connectivity index (χ3n) is 2.10. The lowest BCUT2D eigenvalue weighted by Gasteiger charge is -2.11. The van der Waals surface area contributed by atoms with Gasteiger partial charge in [0, 0.05) is 17.3 Å². The van der Waals surface area contributed by atoms with Crippen molar-refractivity contribution in [2.24, 2.45) is 0 Å². The molecule has 6 heteroatoms. The molecule has 0 bridgehead atoms. The van der Waals surface area contributed by atoms with Gasteiger partial charge in [0.1, 0.15) is 6.33 Å². The number of carbonyl (C=O) groups excluding carboxylic acids is 1. The molecule has 2 aromatic rings. The maximum Gasteiger partial charge on any atom is 0.327 e. The molecule has 0 aromatic carbocycles. The molecule has 0 aliphatic carbocycles. The summed E-state index contributed by atoms with van der Waals surface area (Å²) in [5, 5.41) is 2.85. The lowest BCUT2D eigenvalue weighted by molar-refractivity contribution is 0.239. The van der Waals surface area contributed by atoms with Crippen LogP contribution in [0.5, 0.6) is 0 Å². The molecular formula is C10H10ClN3OS. The number of carbonyl (C=O) groups is 1. The van der Waals surface area contributed by atoms with Crippen LogP contribution in [0.2, 0.25) is 4.34 Å². The summed E-state index contributed by atoms with van der Waals surface area (Å²) >= 11 is 7.29. The number of thiophene rings is 1. The molecular weight excluding hydrogens is 246 g/mol. The molecule has 4 nitrogen and oxygen atoms in total. The van der Waals surface area contributed by atoms with E-state index in [1.165, 1.54) is 22.2 Å². The number of rotatable bonds is 2. The zero-order valence-electron chi connectivity index (χ0n) is 8.55. The molecule has 0 aliphatic rings. The number of imidazole rings is 1. The summed E-state index contributed by atoms with van der Waals surface area (Å²) in [5.41, 5.74) is 0. The van der Waals surface area contributed by atoms with Crippen LogP contribution in [0.4, 0.5) is 4.79 Å². The summed E-state index contributed by atoms with van der Waals surface area (Å²) in [6, 6.07) is 3.47. The Labute approximate surface area is 102 Å². The minimum absolute atomic E-state index is 0.0626. The fourth-order valence-electron chi connectivity index (χ4n) is 1.27. The van der Waals surface area contributed by atoms with Gasteiger partial charge in [-0.25, -0.2) is 9.78 Å². The maximum atomic E-state index is 11.7. The Morgan fingerprint density at radius 3 is 3.00 bits per heavy atom. The van der Waals surface area contributed by atoms with Crippen LogP contribution in [-0.4, -0.2) is 15.6 Å². The van der Waals surface area contributed by atoms with Crippen molar-refractivity contribution in [3.63, 3.8) is 0 Å². The average molecular weight is 256 g/mol. The van der Waals surface area contributed by atoms with E-state index in [0.717, 1.165) is 9.21 Å². The van der Waals surface area contributed by atoms with Crippen LogP contribution in [0.15, 0.2) is 30.9 Å². The van der Waals surface area contributed by atoms with Crippen molar-refractivity contribution in [3.05, 3.63) is 40.1 Å². The predicted molar refractivity (Wildman–Crippen MR) is 63.9 cm³/mol. The largest absolute Gasteiger partial charge is 0.330 e. The summed E-state index contributed by atoms with van der Waals surface area (Å²) in [6.45, 7) is 1.91. The van der Waals surface area contributed by atoms with Gasteiger partial charge in [-0.1, -0.05) is 11.6 Å². The Morgan fingerprint density at radius 1 is 1.62 bits per heavy atom. The average Bonchev–Trinajstić information content (AvgIpc) is 2.87. The highest BCUT2D eigenvalue weighted by Crippen LogP contribution is 2.26. The van der Waals surface area contributed by atoms with E-state index in [1.807, 2.05) is 19.1 Å². The van der Waals surface area contributed by atoms with Crippen LogP contribution < -0.4 is 5.32 Å². The fraction of sp³-hybridized carbons (Fsp3) is 0.200. The third kappa shape index (κ3) is 2.43. The molecule has 2 rings (SSSR count). The summed E-state index contributed by atoms with van der Waals surface area (Å²) in [4.78, 5) is 16.5. The van der Waals surface area contributed by atoms with Gasteiger partial charge in [-0.3, -0.25) is 4.57 Å². The van der Waals surface area contributed by atoms with Gasteiger partial charge in [0.05, 0.1) is 10.4 Å². The van der Waals surface area contributed by atoms with Gasteiger partial charge < -0.3 is 5.32 Å². The topological polar surface area (TPSA) is 46.9 Å². The van der Waals surface area contributed by atoms with Crippen LogP contribution in [0.1, 0.15) is 17.8 Å². The van der Waals surface area contributed by atoms with Gasteiger partial charge in [-0.05, 0) is 19.1 Å². The molecule has 0 saturated carbocycles. The fourth-order valence-corrected chi connectivity index (χ4v) is 2.33. The van der Waals surface area contributed by atoms with Gasteiger partial charge in [0.15, 0.2) is 0 Å². The Balaban J connectivity index is 2.03. The van der Waals surface area contributed by atoms with Gasteiger partial charge in [0.25, 0.3) is 0 Å². The Kier molecular flexibility index (Phi) is 3.26. The van der Waals surface area contributed by atoms with E-state index in [1.54, 1.807) is 12.4 Å². The lowest BCUT2D eigenvalue weighted by Crippen LogP contribution is -2.29. The number of halogens is 1. The first-order valence-electron chi connectivity index (χ1n) is 4.71. The molecule has 2 aromatic heterocycles. The molecule has 0 saturated heterocycles. The smallest absolute Gasteiger partial charge is 0.327 e. The maximum absolute atomic E-state index is 11.7. The first-order valence-corrected chi connectivity index (χ1v) is 5.90. The van der Waals surface area contributed by atoms with Crippen LogP contribution in [0.3, 0.4) is 0 Å².